The lowest BCUT2D eigenvalue weighted by Gasteiger charge is -2.34. The van der Waals surface area contributed by atoms with Crippen molar-refractivity contribution in [2.24, 2.45) is 11.7 Å². The van der Waals surface area contributed by atoms with Crippen LogP contribution in [0.4, 0.5) is 0 Å². The lowest BCUT2D eigenvalue weighted by Crippen LogP contribution is -2.45. The summed E-state index contributed by atoms with van der Waals surface area (Å²) < 4.78 is 5.32. The van der Waals surface area contributed by atoms with Gasteiger partial charge in [0.2, 0.25) is 11.7 Å². The lowest BCUT2D eigenvalue weighted by molar-refractivity contribution is 0.142. The molecule has 7 heteroatoms. The first-order valence-corrected chi connectivity index (χ1v) is 7.50. The molecule has 5 nitrogen and oxygen atoms in total. The Morgan fingerprint density at radius 3 is 3.10 bits per heavy atom. The summed E-state index contributed by atoms with van der Waals surface area (Å²) in [7, 11) is 0. The standard InChI is InChI=1S/C13H18N4OS.ClH/c1-9-6-17(4-2-11(9)14)7-12-15-13(16-18-12)10-3-5-19-8-10;/h3,5,8-9,11H,2,4,6-7,14H2,1H3;1H. The number of hydrogen-bond donors (Lipinski definition) is 1. The number of hydrogen-bond acceptors (Lipinski definition) is 6. The molecule has 3 heterocycles. The second-order valence-electron chi connectivity index (χ2n) is 5.19. The summed E-state index contributed by atoms with van der Waals surface area (Å²) in [5, 5.41) is 8.06. The number of thiophene rings is 1. The van der Waals surface area contributed by atoms with Gasteiger partial charge in [-0.1, -0.05) is 12.1 Å². The Bertz CT molecular complexity index is 530. The fourth-order valence-electron chi connectivity index (χ4n) is 2.41. The van der Waals surface area contributed by atoms with E-state index in [2.05, 4.69) is 22.0 Å². The Morgan fingerprint density at radius 2 is 2.40 bits per heavy atom. The lowest BCUT2D eigenvalue weighted by atomic mass is 9.95. The second kappa shape index (κ2) is 6.67. The molecule has 1 aliphatic rings. The summed E-state index contributed by atoms with van der Waals surface area (Å²) in [5.74, 6) is 1.88. The number of piperidine rings is 1. The van der Waals surface area contributed by atoms with Crippen LogP contribution in [-0.4, -0.2) is 34.2 Å². The van der Waals surface area contributed by atoms with E-state index in [0.717, 1.165) is 25.1 Å². The van der Waals surface area contributed by atoms with E-state index in [1.54, 1.807) is 11.3 Å². The van der Waals surface area contributed by atoms with E-state index in [1.807, 2.05) is 16.8 Å². The van der Waals surface area contributed by atoms with Crippen LogP contribution in [0.2, 0.25) is 0 Å². The highest BCUT2D eigenvalue weighted by Gasteiger charge is 2.24. The Kier molecular flexibility index (Phi) is 5.15. The molecule has 20 heavy (non-hydrogen) atoms. The van der Waals surface area contributed by atoms with Gasteiger partial charge >= 0.3 is 0 Å². The Morgan fingerprint density at radius 1 is 1.55 bits per heavy atom. The van der Waals surface area contributed by atoms with Crippen molar-refractivity contribution in [3.05, 3.63) is 22.7 Å². The molecule has 1 aliphatic heterocycles. The first-order chi connectivity index (χ1) is 9.22. The van der Waals surface area contributed by atoms with Crippen molar-refractivity contribution in [2.45, 2.75) is 25.9 Å². The van der Waals surface area contributed by atoms with Gasteiger partial charge in [0.25, 0.3) is 0 Å². The fraction of sp³-hybridized carbons (Fsp3) is 0.538. The summed E-state index contributed by atoms with van der Waals surface area (Å²) in [4.78, 5) is 6.78. The molecule has 2 aromatic rings. The molecule has 0 radical (unpaired) electrons. The van der Waals surface area contributed by atoms with E-state index >= 15 is 0 Å². The van der Waals surface area contributed by atoms with Crippen molar-refractivity contribution in [1.82, 2.24) is 15.0 Å². The molecule has 0 bridgehead atoms. The maximum absolute atomic E-state index is 6.03. The minimum absolute atomic E-state index is 0. The number of aromatic nitrogens is 2. The molecule has 3 rings (SSSR count). The van der Waals surface area contributed by atoms with E-state index < -0.39 is 0 Å². The van der Waals surface area contributed by atoms with Crippen LogP contribution >= 0.6 is 23.7 Å². The molecule has 2 unspecified atom stereocenters. The van der Waals surface area contributed by atoms with Crippen LogP contribution in [0.15, 0.2) is 21.3 Å². The highest BCUT2D eigenvalue weighted by molar-refractivity contribution is 7.08. The predicted molar refractivity (Wildman–Crippen MR) is 81.9 cm³/mol. The third-order valence-corrected chi connectivity index (χ3v) is 4.35. The van der Waals surface area contributed by atoms with Gasteiger partial charge < -0.3 is 10.3 Å². The van der Waals surface area contributed by atoms with Crippen molar-refractivity contribution >= 4 is 23.7 Å². The van der Waals surface area contributed by atoms with Gasteiger partial charge in [-0.2, -0.15) is 16.3 Å². The molecule has 0 aromatic carbocycles. The van der Waals surface area contributed by atoms with E-state index in [-0.39, 0.29) is 12.4 Å². The first-order valence-electron chi connectivity index (χ1n) is 6.55. The third-order valence-electron chi connectivity index (χ3n) is 3.66. The zero-order valence-electron chi connectivity index (χ0n) is 11.4. The fourth-order valence-corrected chi connectivity index (χ4v) is 3.05. The van der Waals surface area contributed by atoms with Crippen molar-refractivity contribution in [2.75, 3.05) is 13.1 Å². The number of nitrogens with zero attached hydrogens (tertiary/aromatic N) is 3. The van der Waals surface area contributed by atoms with E-state index in [1.165, 1.54) is 0 Å². The van der Waals surface area contributed by atoms with Gasteiger partial charge in [-0.25, -0.2) is 0 Å². The smallest absolute Gasteiger partial charge is 0.241 e. The molecule has 0 aliphatic carbocycles. The minimum Gasteiger partial charge on any atom is -0.338 e. The van der Waals surface area contributed by atoms with Gasteiger partial charge in [-0.3, -0.25) is 4.90 Å². The van der Waals surface area contributed by atoms with Crippen LogP contribution in [0.1, 0.15) is 19.2 Å². The SMILES string of the molecule is CC1CN(Cc2nc(-c3ccsc3)no2)CCC1N.Cl. The molecule has 2 aromatic heterocycles. The minimum atomic E-state index is 0. The van der Waals surface area contributed by atoms with Gasteiger partial charge in [0.15, 0.2) is 0 Å². The number of halogens is 1. The van der Waals surface area contributed by atoms with E-state index in [9.17, 15) is 0 Å². The van der Waals surface area contributed by atoms with Crippen LogP contribution in [0.25, 0.3) is 11.4 Å². The molecule has 1 fully saturated rings. The number of likely N-dealkylation sites (tertiary alicyclic amines) is 1. The van der Waals surface area contributed by atoms with Crippen LogP contribution in [0.5, 0.6) is 0 Å². The van der Waals surface area contributed by atoms with Crippen molar-refractivity contribution in [1.29, 1.82) is 0 Å². The number of rotatable bonds is 3. The summed E-state index contributed by atoms with van der Waals surface area (Å²) >= 11 is 1.63. The molecule has 110 valence electrons. The zero-order chi connectivity index (χ0) is 13.2. The Labute approximate surface area is 128 Å². The van der Waals surface area contributed by atoms with Crippen LogP contribution in [0.3, 0.4) is 0 Å². The highest BCUT2D eigenvalue weighted by atomic mass is 35.5. The van der Waals surface area contributed by atoms with Gasteiger partial charge in [0.1, 0.15) is 0 Å². The normalized spacial score (nSPS) is 23.5. The molecule has 2 N–H and O–H groups in total. The summed E-state index contributed by atoms with van der Waals surface area (Å²) in [5.41, 5.74) is 7.05. The van der Waals surface area contributed by atoms with Crippen LogP contribution in [0, 0.1) is 5.92 Å². The maximum Gasteiger partial charge on any atom is 0.241 e. The molecular weight excluding hydrogens is 296 g/mol. The summed E-state index contributed by atoms with van der Waals surface area (Å²) in [6, 6.07) is 2.32. The van der Waals surface area contributed by atoms with Gasteiger partial charge in [0.05, 0.1) is 6.54 Å². The first kappa shape index (κ1) is 15.4. The Balaban J connectivity index is 0.00000147. The van der Waals surface area contributed by atoms with Crippen LogP contribution in [-0.2, 0) is 6.54 Å². The zero-order valence-corrected chi connectivity index (χ0v) is 13.0. The quantitative estimate of drug-likeness (QED) is 0.942. The van der Waals surface area contributed by atoms with Crippen molar-refractivity contribution in [3.63, 3.8) is 0 Å². The second-order valence-corrected chi connectivity index (χ2v) is 5.97. The molecule has 0 spiro atoms. The van der Waals surface area contributed by atoms with E-state index in [0.29, 0.717) is 30.2 Å². The van der Waals surface area contributed by atoms with Crippen molar-refractivity contribution in [3.8, 4) is 11.4 Å². The van der Waals surface area contributed by atoms with Crippen molar-refractivity contribution < 1.29 is 4.52 Å². The Hall–Kier alpha value is -0.950. The molecule has 2 atom stereocenters. The summed E-state index contributed by atoms with van der Waals surface area (Å²) in [6.45, 7) is 4.91. The monoisotopic (exact) mass is 314 g/mol. The average Bonchev–Trinajstić information content (AvgIpc) is 3.04. The van der Waals surface area contributed by atoms with E-state index in [4.69, 9.17) is 10.3 Å². The molecular formula is C13H19ClN4OS. The largest absolute Gasteiger partial charge is 0.338 e. The summed E-state index contributed by atoms with van der Waals surface area (Å²) in [6.07, 6.45) is 1.03. The maximum atomic E-state index is 6.03. The highest BCUT2D eigenvalue weighted by Crippen LogP contribution is 2.20. The molecule has 0 saturated carbocycles. The van der Waals surface area contributed by atoms with Gasteiger partial charge in [-0.05, 0) is 23.8 Å². The predicted octanol–water partition coefficient (Wildman–Crippen LogP) is 2.39. The van der Waals surface area contributed by atoms with Gasteiger partial charge in [-0.15, -0.1) is 12.4 Å². The topological polar surface area (TPSA) is 68.2 Å². The molecule has 0 amide bonds. The van der Waals surface area contributed by atoms with Crippen LogP contribution < -0.4 is 5.73 Å². The third kappa shape index (κ3) is 3.38. The average molecular weight is 315 g/mol. The number of nitrogens with two attached hydrogens (primary N) is 1. The molecule has 1 saturated heterocycles. The van der Waals surface area contributed by atoms with Gasteiger partial charge in [0, 0.05) is 30.1 Å².